The van der Waals surface area contributed by atoms with Gasteiger partial charge in [0, 0.05) is 0 Å². The monoisotopic (exact) mass is 144 g/mol. The second kappa shape index (κ2) is 16.3. The molecule has 0 aromatic heterocycles. The number of hydrogen-bond acceptors (Lipinski definition) is 0. The molecule has 0 radical (unpaired) electrons. The average molecular weight is 144 g/mol. The zero-order chi connectivity index (χ0) is 0. The molecule has 0 nitrogen and oxygen atoms in total. The summed E-state index contributed by atoms with van der Waals surface area (Å²) < 4.78 is 0. The van der Waals surface area contributed by atoms with E-state index in [1.54, 1.807) is 0 Å². The standard InChI is InChI=1S/2Ca.2S/q2*+2;2*-2. The van der Waals surface area contributed by atoms with Gasteiger partial charge in [0.05, 0.1) is 0 Å². The van der Waals surface area contributed by atoms with Gasteiger partial charge in [0.2, 0.25) is 0 Å². The first-order chi connectivity index (χ1) is 0. The fourth-order valence-corrected chi connectivity index (χ4v) is 0. The molecule has 0 aliphatic heterocycles. The van der Waals surface area contributed by atoms with Crippen molar-refractivity contribution in [2.24, 2.45) is 0 Å². The summed E-state index contributed by atoms with van der Waals surface area (Å²) in [6.45, 7) is 0. The molecule has 0 amide bonds. The topological polar surface area (TPSA) is 0 Å². The van der Waals surface area contributed by atoms with Crippen molar-refractivity contribution in [3.63, 3.8) is 0 Å². The summed E-state index contributed by atoms with van der Waals surface area (Å²) in [7, 11) is 0. The summed E-state index contributed by atoms with van der Waals surface area (Å²) in [4.78, 5) is 0. The van der Waals surface area contributed by atoms with E-state index in [0.717, 1.165) is 0 Å². The number of rotatable bonds is 0. The minimum atomic E-state index is 0. The zero-order valence-electron chi connectivity index (χ0n) is 2.23. The van der Waals surface area contributed by atoms with E-state index in [-0.39, 0.29) is 102 Å². The molecule has 0 heterocycles. The Morgan fingerprint density at radius 1 is 0.500 bits per heavy atom. The molecule has 16 valence electrons. The Bertz CT molecular complexity index is 4.00. The molecule has 0 saturated heterocycles. The van der Waals surface area contributed by atoms with Crippen LogP contribution < -0.4 is 0 Å². The van der Waals surface area contributed by atoms with Gasteiger partial charge in [-0.25, -0.2) is 0 Å². The van der Waals surface area contributed by atoms with Gasteiger partial charge in [-0.15, -0.1) is 0 Å². The van der Waals surface area contributed by atoms with Crippen LogP contribution >= 0.6 is 0 Å². The van der Waals surface area contributed by atoms with Gasteiger partial charge in [-0.3, -0.25) is 0 Å². The van der Waals surface area contributed by atoms with Crippen LogP contribution in [-0.4, -0.2) is 75.5 Å². The zero-order valence-corrected chi connectivity index (χ0v) is 8.28. The third kappa shape index (κ3) is 8.97. The van der Waals surface area contributed by atoms with Crippen molar-refractivity contribution in [3.8, 4) is 0 Å². The van der Waals surface area contributed by atoms with Crippen molar-refractivity contribution in [1.82, 2.24) is 0 Å². The molecule has 0 atom stereocenters. The molecule has 4 heavy (non-hydrogen) atoms. The third-order valence-electron chi connectivity index (χ3n) is 0. The van der Waals surface area contributed by atoms with Crippen LogP contribution in [0.3, 0.4) is 0 Å². The summed E-state index contributed by atoms with van der Waals surface area (Å²) >= 11 is 0. The van der Waals surface area contributed by atoms with Gasteiger partial charge in [-0.1, -0.05) is 0 Å². The molecule has 0 rings (SSSR count). The van der Waals surface area contributed by atoms with Crippen molar-refractivity contribution >= 4 is 102 Å². The first-order valence-electron chi connectivity index (χ1n) is 0. The normalized spacial score (nSPS) is 0. The van der Waals surface area contributed by atoms with Crippen molar-refractivity contribution in [2.75, 3.05) is 0 Å². The van der Waals surface area contributed by atoms with Gasteiger partial charge < -0.3 is 27.0 Å². The quantitative estimate of drug-likeness (QED) is 0.392. The first-order valence-corrected chi connectivity index (χ1v) is 0. The van der Waals surface area contributed by atoms with Crippen molar-refractivity contribution in [2.45, 2.75) is 0 Å². The van der Waals surface area contributed by atoms with E-state index in [0.29, 0.717) is 0 Å². The molecule has 4 heteroatoms. The maximum absolute atomic E-state index is 0. The van der Waals surface area contributed by atoms with Crippen LogP contribution in [0.25, 0.3) is 0 Å². The first kappa shape index (κ1) is 26.9. The minimum Gasteiger partial charge on any atom is -2.00 e. The van der Waals surface area contributed by atoms with Crippen LogP contribution in [0.5, 0.6) is 0 Å². The predicted molar refractivity (Wildman–Crippen MR) is 26.2 cm³/mol. The van der Waals surface area contributed by atoms with E-state index in [9.17, 15) is 0 Å². The second-order valence-corrected chi connectivity index (χ2v) is 0. The summed E-state index contributed by atoms with van der Waals surface area (Å²) in [6, 6.07) is 0. The van der Waals surface area contributed by atoms with Crippen LogP contribution in [-0.2, 0) is 27.0 Å². The summed E-state index contributed by atoms with van der Waals surface area (Å²) in [5.74, 6) is 0. The summed E-state index contributed by atoms with van der Waals surface area (Å²) in [5.41, 5.74) is 0. The third-order valence-corrected chi connectivity index (χ3v) is 0. The van der Waals surface area contributed by atoms with Gasteiger partial charge in [-0.05, 0) is 0 Å². The molecule has 0 unspecified atom stereocenters. The van der Waals surface area contributed by atoms with E-state index >= 15 is 0 Å². The van der Waals surface area contributed by atoms with E-state index in [4.69, 9.17) is 0 Å². The molecule has 0 aromatic carbocycles. The maximum Gasteiger partial charge on any atom is 2.00 e. The Balaban J connectivity index is 0. The maximum atomic E-state index is 0. The molecule has 0 aliphatic carbocycles. The van der Waals surface area contributed by atoms with Gasteiger partial charge in [0.1, 0.15) is 0 Å². The molecular formula is Ca2S2. The van der Waals surface area contributed by atoms with Gasteiger partial charge in [-0.2, -0.15) is 0 Å². The van der Waals surface area contributed by atoms with Gasteiger partial charge in [0.25, 0.3) is 0 Å². The minimum absolute atomic E-state index is 0. The smallest absolute Gasteiger partial charge is 2.00 e. The molecule has 0 N–H and O–H groups in total. The van der Waals surface area contributed by atoms with E-state index in [2.05, 4.69) is 0 Å². The van der Waals surface area contributed by atoms with Gasteiger partial charge >= 0.3 is 75.5 Å². The Hall–Kier alpha value is 3.22. The fraction of sp³-hybridized carbons (Fsp3) is 0. The van der Waals surface area contributed by atoms with Crippen LogP contribution in [0, 0.1) is 0 Å². The Morgan fingerprint density at radius 2 is 0.500 bits per heavy atom. The number of hydrogen-bond donors (Lipinski definition) is 0. The van der Waals surface area contributed by atoms with Crippen LogP contribution in [0.1, 0.15) is 0 Å². The van der Waals surface area contributed by atoms with Crippen LogP contribution in [0.15, 0.2) is 0 Å². The largest absolute Gasteiger partial charge is 2.00 e. The molecule has 0 aromatic rings. The Labute approximate surface area is 100.0 Å². The molecular weight excluding hydrogens is 144 g/mol. The summed E-state index contributed by atoms with van der Waals surface area (Å²) in [5, 5.41) is 0. The molecule has 0 bridgehead atoms. The average Bonchev–Trinajstić information content (AvgIpc) is 0. The second-order valence-electron chi connectivity index (χ2n) is 0. The summed E-state index contributed by atoms with van der Waals surface area (Å²) in [6.07, 6.45) is 0. The van der Waals surface area contributed by atoms with Gasteiger partial charge in [0.15, 0.2) is 0 Å². The Kier molecular flexibility index (Phi) is 110. The van der Waals surface area contributed by atoms with Crippen LogP contribution in [0.4, 0.5) is 0 Å². The van der Waals surface area contributed by atoms with Crippen molar-refractivity contribution in [1.29, 1.82) is 0 Å². The molecule has 0 saturated carbocycles. The van der Waals surface area contributed by atoms with E-state index in [1.807, 2.05) is 0 Å². The molecule has 0 spiro atoms. The molecule has 0 fully saturated rings. The van der Waals surface area contributed by atoms with Crippen molar-refractivity contribution < 1.29 is 0 Å². The van der Waals surface area contributed by atoms with Crippen molar-refractivity contribution in [3.05, 3.63) is 0 Å². The van der Waals surface area contributed by atoms with E-state index in [1.165, 1.54) is 0 Å². The Morgan fingerprint density at radius 3 is 0.500 bits per heavy atom. The van der Waals surface area contributed by atoms with E-state index < -0.39 is 0 Å². The molecule has 0 aliphatic rings. The SMILES string of the molecule is [Ca+2].[Ca+2].[S-2].[S-2]. The predicted octanol–water partition coefficient (Wildman–Crippen LogP) is -0.766. The van der Waals surface area contributed by atoms with Crippen LogP contribution in [0.2, 0.25) is 0 Å². The fourth-order valence-electron chi connectivity index (χ4n) is 0.